The molecule has 5 rings (SSSR count). The molecule has 0 aliphatic heterocycles. The lowest BCUT2D eigenvalue weighted by molar-refractivity contribution is 0.0216. The minimum atomic E-state index is -0.744. The second kappa shape index (κ2) is 13.7. The average Bonchev–Trinajstić information content (AvgIpc) is 3.07. The van der Waals surface area contributed by atoms with E-state index in [0.29, 0.717) is 6.61 Å². The van der Waals surface area contributed by atoms with Gasteiger partial charge in [0.25, 0.3) is 0 Å². The molecule has 0 heterocycles. The van der Waals surface area contributed by atoms with Crippen molar-refractivity contribution in [3.05, 3.63) is 166 Å². The number of rotatable bonds is 11. The predicted octanol–water partition coefficient (Wildman–Crippen LogP) is 9.37. The summed E-state index contributed by atoms with van der Waals surface area (Å²) in [4.78, 5) is 0. The molecule has 0 unspecified atom stereocenters. The van der Waals surface area contributed by atoms with E-state index in [1.807, 2.05) is 30.3 Å². The molecule has 5 aromatic carbocycles. The molecule has 5 aromatic rings. The molecule has 0 aromatic heterocycles. The Kier molecular flexibility index (Phi) is 9.33. The fourth-order valence-corrected chi connectivity index (χ4v) is 5.11. The van der Waals surface area contributed by atoms with Gasteiger partial charge in [0, 0.05) is 6.61 Å². The van der Waals surface area contributed by atoms with Crippen LogP contribution < -0.4 is 9.47 Å². The van der Waals surface area contributed by atoms with Gasteiger partial charge in [-0.15, -0.1) is 0 Å². The van der Waals surface area contributed by atoms with E-state index in [1.165, 1.54) is 0 Å². The summed E-state index contributed by atoms with van der Waals surface area (Å²) in [6.45, 7) is 2.61. The molecule has 3 heteroatoms. The fraction of sp³-hybridized carbons (Fsp3) is 0.128. The first kappa shape index (κ1) is 28.7. The molecule has 210 valence electrons. The zero-order valence-corrected chi connectivity index (χ0v) is 24.4. The van der Waals surface area contributed by atoms with Gasteiger partial charge in [0.15, 0.2) is 0 Å². The lowest BCUT2D eigenvalue weighted by Gasteiger charge is -2.35. The predicted molar refractivity (Wildman–Crippen MR) is 175 cm³/mol. The van der Waals surface area contributed by atoms with Gasteiger partial charge in [-0.25, -0.2) is 0 Å². The van der Waals surface area contributed by atoms with Crippen LogP contribution in [-0.2, 0) is 10.3 Å². The molecule has 0 spiro atoms. The summed E-state index contributed by atoms with van der Waals surface area (Å²) in [6.07, 6.45) is 8.47. The van der Waals surface area contributed by atoms with Crippen LogP contribution in [0.25, 0.3) is 24.3 Å². The summed E-state index contributed by atoms with van der Waals surface area (Å²) in [5.74, 6) is 1.71. The van der Waals surface area contributed by atoms with E-state index >= 15 is 0 Å². The maximum absolute atomic E-state index is 6.71. The Labute approximate surface area is 249 Å². The van der Waals surface area contributed by atoms with Gasteiger partial charge in [-0.05, 0) is 70.1 Å². The molecule has 0 radical (unpaired) electrons. The maximum Gasteiger partial charge on any atom is 0.143 e. The van der Waals surface area contributed by atoms with Gasteiger partial charge in [-0.1, -0.05) is 127 Å². The van der Waals surface area contributed by atoms with E-state index in [4.69, 9.17) is 14.2 Å². The van der Waals surface area contributed by atoms with Crippen molar-refractivity contribution in [2.24, 2.45) is 0 Å². The number of benzene rings is 5. The molecule has 0 aliphatic carbocycles. The van der Waals surface area contributed by atoms with Gasteiger partial charge in [0.2, 0.25) is 0 Å². The Morgan fingerprint density at radius 2 is 0.786 bits per heavy atom. The quantitative estimate of drug-likeness (QED) is 0.121. The Balaban J connectivity index is 1.46. The van der Waals surface area contributed by atoms with Crippen molar-refractivity contribution in [1.82, 2.24) is 0 Å². The summed E-state index contributed by atoms with van der Waals surface area (Å²) in [6, 6.07) is 43.9. The smallest absolute Gasteiger partial charge is 0.143 e. The van der Waals surface area contributed by atoms with Crippen molar-refractivity contribution in [3.8, 4) is 11.5 Å². The third-order valence-corrected chi connectivity index (χ3v) is 7.34. The van der Waals surface area contributed by atoms with E-state index in [1.54, 1.807) is 14.2 Å². The van der Waals surface area contributed by atoms with Crippen LogP contribution in [0.2, 0.25) is 0 Å². The van der Waals surface area contributed by atoms with Crippen LogP contribution in [0.15, 0.2) is 127 Å². The second-order valence-corrected chi connectivity index (χ2v) is 9.94. The molecule has 0 amide bonds. The monoisotopic (exact) mass is 552 g/mol. The van der Waals surface area contributed by atoms with E-state index < -0.39 is 5.60 Å². The van der Waals surface area contributed by atoms with Crippen molar-refractivity contribution in [2.75, 3.05) is 20.8 Å². The minimum absolute atomic E-state index is 0.563. The van der Waals surface area contributed by atoms with Crippen molar-refractivity contribution < 1.29 is 14.2 Å². The highest BCUT2D eigenvalue weighted by Gasteiger charge is 2.37. The fourth-order valence-electron chi connectivity index (χ4n) is 5.11. The molecule has 0 bridgehead atoms. The number of methoxy groups -OCH3 is 2. The van der Waals surface area contributed by atoms with Crippen LogP contribution in [0, 0.1) is 0 Å². The van der Waals surface area contributed by atoms with Crippen molar-refractivity contribution in [1.29, 1.82) is 0 Å². The Bertz CT molecular complexity index is 1500. The molecule has 42 heavy (non-hydrogen) atoms. The summed E-state index contributed by atoms with van der Waals surface area (Å²) in [5.41, 5.74) is 6.99. The average molecular weight is 553 g/mol. The highest BCUT2D eigenvalue weighted by Crippen LogP contribution is 2.41. The van der Waals surface area contributed by atoms with Crippen LogP contribution in [0.5, 0.6) is 11.5 Å². The van der Waals surface area contributed by atoms with E-state index in [2.05, 4.69) is 128 Å². The van der Waals surface area contributed by atoms with Gasteiger partial charge in [0.1, 0.15) is 17.1 Å². The minimum Gasteiger partial charge on any atom is -0.497 e. The summed E-state index contributed by atoms with van der Waals surface area (Å²) >= 11 is 0. The van der Waals surface area contributed by atoms with Crippen LogP contribution in [0.4, 0.5) is 0 Å². The third-order valence-electron chi connectivity index (χ3n) is 7.34. The number of hydrogen-bond acceptors (Lipinski definition) is 3. The topological polar surface area (TPSA) is 27.7 Å². The highest BCUT2D eigenvalue weighted by atomic mass is 16.5. The zero-order valence-electron chi connectivity index (χ0n) is 24.4. The highest BCUT2D eigenvalue weighted by molar-refractivity contribution is 5.71. The van der Waals surface area contributed by atoms with Crippen molar-refractivity contribution in [2.45, 2.75) is 12.5 Å². The van der Waals surface area contributed by atoms with Crippen LogP contribution in [-0.4, -0.2) is 20.8 Å². The van der Waals surface area contributed by atoms with Crippen LogP contribution >= 0.6 is 0 Å². The summed E-state index contributed by atoms with van der Waals surface area (Å²) in [7, 11) is 3.36. The molecule has 3 nitrogen and oxygen atoms in total. The Morgan fingerprint density at radius 1 is 0.452 bits per heavy atom. The van der Waals surface area contributed by atoms with Crippen molar-refractivity contribution in [3.63, 3.8) is 0 Å². The first-order valence-electron chi connectivity index (χ1n) is 14.2. The van der Waals surface area contributed by atoms with E-state index in [9.17, 15) is 0 Å². The van der Waals surface area contributed by atoms with Gasteiger partial charge in [-0.2, -0.15) is 0 Å². The third kappa shape index (κ3) is 6.54. The molecular formula is C39H36O3. The summed E-state index contributed by atoms with van der Waals surface area (Å²) < 4.78 is 17.3. The first-order valence-corrected chi connectivity index (χ1v) is 14.2. The van der Waals surface area contributed by atoms with E-state index in [0.717, 1.165) is 50.4 Å². The number of ether oxygens (including phenoxy) is 3. The van der Waals surface area contributed by atoms with Gasteiger partial charge in [0.05, 0.1) is 14.2 Å². The second-order valence-electron chi connectivity index (χ2n) is 9.94. The molecule has 0 N–H and O–H groups in total. The van der Waals surface area contributed by atoms with Gasteiger partial charge in [-0.3, -0.25) is 0 Å². The van der Waals surface area contributed by atoms with Gasteiger partial charge >= 0.3 is 0 Å². The molecule has 0 atom stereocenters. The molecule has 0 fully saturated rings. The first-order chi connectivity index (χ1) is 20.6. The van der Waals surface area contributed by atoms with Crippen LogP contribution in [0.1, 0.15) is 45.9 Å². The Morgan fingerprint density at radius 3 is 1.12 bits per heavy atom. The molecule has 0 saturated heterocycles. The SMILES string of the molecule is CCOC(c1ccccc1)(c1ccc(/C=C/c2ccc(OC)cc2)cc1)c1ccc(/C=C/c2ccc(OC)cc2)cc1. The molecule has 0 saturated carbocycles. The van der Waals surface area contributed by atoms with Crippen LogP contribution in [0.3, 0.4) is 0 Å². The normalized spacial score (nSPS) is 11.7. The van der Waals surface area contributed by atoms with Gasteiger partial charge < -0.3 is 14.2 Å². The summed E-state index contributed by atoms with van der Waals surface area (Å²) in [5, 5.41) is 0. The largest absolute Gasteiger partial charge is 0.497 e. The van der Waals surface area contributed by atoms with E-state index in [-0.39, 0.29) is 0 Å². The molecular weight excluding hydrogens is 516 g/mol. The Hall–Kier alpha value is -4.86. The lowest BCUT2D eigenvalue weighted by Crippen LogP contribution is -2.33. The van der Waals surface area contributed by atoms with Crippen molar-refractivity contribution >= 4 is 24.3 Å². The standard InChI is InChI=1S/C39H36O3/c1-4-42-39(34-8-6-5-7-9-34,35-22-14-30(15-23-35)10-12-32-18-26-37(40-2)27-19-32)36-24-16-31(17-25-36)11-13-33-20-28-38(41-3)29-21-33/h5-29H,4H2,1-3H3/b12-10+,13-11+. The molecule has 0 aliphatic rings. The number of hydrogen-bond donors (Lipinski definition) is 0. The lowest BCUT2D eigenvalue weighted by atomic mass is 9.79. The zero-order chi connectivity index (χ0) is 29.2. The maximum atomic E-state index is 6.71.